The van der Waals surface area contributed by atoms with Crippen molar-refractivity contribution < 1.29 is 5.11 Å². The van der Waals surface area contributed by atoms with Crippen LogP contribution in [0, 0.1) is 0 Å². The second-order valence-corrected chi connectivity index (χ2v) is 4.49. The van der Waals surface area contributed by atoms with Crippen LogP contribution >= 0.6 is 0 Å². The fourth-order valence-corrected chi connectivity index (χ4v) is 2.42. The maximum absolute atomic E-state index is 10.5. The van der Waals surface area contributed by atoms with E-state index in [1.165, 1.54) is 6.33 Å². The van der Waals surface area contributed by atoms with Crippen LogP contribution in [0.3, 0.4) is 0 Å². The fourth-order valence-electron chi connectivity index (χ4n) is 2.42. The molecule has 1 aliphatic carbocycles. The van der Waals surface area contributed by atoms with Crippen molar-refractivity contribution in [2.45, 2.75) is 44.2 Å². The molecule has 16 heavy (non-hydrogen) atoms. The molecule has 0 atom stereocenters. The van der Waals surface area contributed by atoms with Crippen LogP contribution in [0.2, 0.25) is 0 Å². The summed E-state index contributed by atoms with van der Waals surface area (Å²) in [6.45, 7) is 3.11. The molecule has 1 aromatic rings. The first kappa shape index (κ1) is 11.5. The van der Waals surface area contributed by atoms with Gasteiger partial charge in [-0.3, -0.25) is 0 Å². The lowest BCUT2D eigenvalue weighted by molar-refractivity contribution is -0.00874. The highest BCUT2D eigenvalue weighted by Crippen LogP contribution is 2.36. The minimum absolute atomic E-state index is 0.551. The first-order valence-corrected chi connectivity index (χ1v) is 5.96. The number of rotatable bonds is 3. The van der Waals surface area contributed by atoms with Crippen molar-refractivity contribution in [1.82, 2.24) is 15.3 Å². The summed E-state index contributed by atoms with van der Waals surface area (Å²) in [6, 6.07) is 0.551. The molecule has 1 saturated carbocycles. The minimum atomic E-state index is -0.715. The molecule has 1 heterocycles. The Morgan fingerprint density at radius 1 is 1.38 bits per heavy atom. The zero-order chi connectivity index (χ0) is 11.4. The third kappa shape index (κ3) is 2.39. The Balaban J connectivity index is 2.01. The highest BCUT2D eigenvalue weighted by Gasteiger charge is 2.34. The van der Waals surface area contributed by atoms with Gasteiger partial charge in [0.15, 0.2) is 0 Å². The molecule has 0 aromatic carbocycles. The van der Waals surface area contributed by atoms with Gasteiger partial charge in [0.1, 0.15) is 6.33 Å². The summed E-state index contributed by atoms with van der Waals surface area (Å²) in [6.07, 6.45) is 8.55. The van der Waals surface area contributed by atoms with Gasteiger partial charge in [0, 0.05) is 24.0 Å². The van der Waals surface area contributed by atoms with Gasteiger partial charge in [0.2, 0.25) is 0 Å². The third-order valence-corrected chi connectivity index (χ3v) is 3.40. The zero-order valence-corrected chi connectivity index (χ0v) is 9.69. The van der Waals surface area contributed by atoms with Crippen LogP contribution in [0.1, 0.15) is 38.2 Å². The van der Waals surface area contributed by atoms with E-state index in [1.807, 2.05) is 0 Å². The number of nitrogens with one attached hydrogen (secondary N) is 1. The molecule has 0 radical (unpaired) electrons. The molecular weight excluding hydrogens is 202 g/mol. The van der Waals surface area contributed by atoms with Gasteiger partial charge < -0.3 is 10.4 Å². The second kappa shape index (κ2) is 4.89. The molecule has 0 unspecified atom stereocenters. The molecular formula is C12H19N3O. The fraction of sp³-hybridized carbons (Fsp3) is 0.667. The van der Waals surface area contributed by atoms with Crippen molar-refractivity contribution in [3.05, 3.63) is 24.3 Å². The molecule has 1 fully saturated rings. The summed E-state index contributed by atoms with van der Waals surface area (Å²) < 4.78 is 0. The Labute approximate surface area is 96.1 Å². The van der Waals surface area contributed by atoms with Gasteiger partial charge in [-0.05, 0) is 32.2 Å². The van der Waals surface area contributed by atoms with Gasteiger partial charge in [-0.1, -0.05) is 6.92 Å². The lowest BCUT2D eigenvalue weighted by Crippen LogP contribution is -2.39. The van der Waals surface area contributed by atoms with Crippen molar-refractivity contribution in [1.29, 1.82) is 0 Å². The summed E-state index contributed by atoms with van der Waals surface area (Å²) in [5.41, 5.74) is 0.137. The standard InChI is InChI=1S/C12H19N3O/c1-2-15-11-3-5-12(16,6-4-11)10-7-13-9-14-8-10/h7-9,11,15-16H,2-6H2,1H3. The van der Waals surface area contributed by atoms with E-state index in [-0.39, 0.29) is 0 Å². The minimum Gasteiger partial charge on any atom is -0.385 e. The molecule has 0 saturated heterocycles. The quantitative estimate of drug-likeness (QED) is 0.805. The van der Waals surface area contributed by atoms with Crippen molar-refractivity contribution in [3.63, 3.8) is 0 Å². The highest BCUT2D eigenvalue weighted by atomic mass is 16.3. The van der Waals surface area contributed by atoms with Crippen molar-refractivity contribution in [3.8, 4) is 0 Å². The highest BCUT2D eigenvalue weighted by molar-refractivity contribution is 5.15. The van der Waals surface area contributed by atoms with Crippen LogP contribution in [-0.4, -0.2) is 27.7 Å². The normalized spacial score (nSPS) is 30.2. The van der Waals surface area contributed by atoms with Crippen LogP contribution in [-0.2, 0) is 5.60 Å². The third-order valence-electron chi connectivity index (χ3n) is 3.40. The van der Waals surface area contributed by atoms with E-state index in [0.29, 0.717) is 6.04 Å². The smallest absolute Gasteiger partial charge is 0.115 e. The van der Waals surface area contributed by atoms with E-state index >= 15 is 0 Å². The summed E-state index contributed by atoms with van der Waals surface area (Å²) >= 11 is 0. The molecule has 4 nitrogen and oxygen atoms in total. The van der Waals surface area contributed by atoms with Crippen LogP contribution in [0.15, 0.2) is 18.7 Å². The van der Waals surface area contributed by atoms with Gasteiger partial charge in [0.25, 0.3) is 0 Å². The van der Waals surface area contributed by atoms with Gasteiger partial charge in [-0.15, -0.1) is 0 Å². The zero-order valence-electron chi connectivity index (χ0n) is 9.69. The summed E-state index contributed by atoms with van der Waals surface area (Å²) in [5, 5.41) is 14.0. The maximum atomic E-state index is 10.5. The molecule has 0 bridgehead atoms. The van der Waals surface area contributed by atoms with Gasteiger partial charge >= 0.3 is 0 Å². The Hall–Kier alpha value is -1.00. The van der Waals surface area contributed by atoms with Crippen LogP contribution in [0.5, 0.6) is 0 Å². The predicted octanol–water partition coefficient (Wildman–Crippen LogP) is 1.22. The molecule has 2 rings (SSSR count). The molecule has 0 spiro atoms. The van der Waals surface area contributed by atoms with Crippen molar-refractivity contribution in [2.75, 3.05) is 6.54 Å². The topological polar surface area (TPSA) is 58.0 Å². The Kier molecular flexibility index (Phi) is 3.51. The average molecular weight is 221 g/mol. The number of aliphatic hydroxyl groups is 1. The molecule has 1 aliphatic rings. The number of nitrogens with zero attached hydrogens (tertiary/aromatic N) is 2. The number of aromatic nitrogens is 2. The molecule has 0 aliphatic heterocycles. The Bertz CT molecular complexity index is 320. The van der Waals surface area contributed by atoms with Gasteiger partial charge in [-0.2, -0.15) is 0 Å². The van der Waals surface area contributed by atoms with Crippen LogP contribution in [0.25, 0.3) is 0 Å². The van der Waals surface area contributed by atoms with E-state index < -0.39 is 5.60 Å². The number of hydrogen-bond acceptors (Lipinski definition) is 4. The SMILES string of the molecule is CCNC1CCC(O)(c2cncnc2)CC1. The second-order valence-electron chi connectivity index (χ2n) is 4.49. The molecule has 88 valence electrons. The molecule has 1 aromatic heterocycles. The van der Waals surface area contributed by atoms with Crippen LogP contribution < -0.4 is 5.32 Å². The summed E-state index contributed by atoms with van der Waals surface area (Å²) in [7, 11) is 0. The van der Waals surface area contributed by atoms with Crippen LogP contribution in [0.4, 0.5) is 0 Å². The Morgan fingerprint density at radius 2 is 2.00 bits per heavy atom. The first-order chi connectivity index (χ1) is 7.74. The molecule has 0 amide bonds. The lowest BCUT2D eigenvalue weighted by atomic mass is 9.78. The molecule has 2 N–H and O–H groups in total. The first-order valence-electron chi connectivity index (χ1n) is 5.96. The van der Waals surface area contributed by atoms with E-state index in [2.05, 4.69) is 22.2 Å². The number of hydrogen-bond donors (Lipinski definition) is 2. The van der Waals surface area contributed by atoms with E-state index in [4.69, 9.17) is 0 Å². The summed E-state index contributed by atoms with van der Waals surface area (Å²) in [4.78, 5) is 7.95. The van der Waals surface area contributed by atoms with E-state index in [1.54, 1.807) is 12.4 Å². The van der Waals surface area contributed by atoms with Crippen molar-refractivity contribution >= 4 is 0 Å². The summed E-state index contributed by atoms with van der Waals surface area (Å²) in [5.74, 6) is 0. The Morgan fingerprint density at radius 3 is 2.56 bits per heavy atom. The molecule has 4 heteroatoms. The monoisotopic (exact) mass is 221 g/mol. The van der Waals surface area contributed by atoms with E-state index in [9.17, 15) is 5.11 Å². The van der Waals surface area contributed by atoms with E-state index in [0.717, 1.165) is 37.8 Å². The van der Waals surface area contributed by atoms with Gasteiger partial charge in [-0.25, -0.2) is 9.97 Å². The maximum Gasteiger partial charge on any atom is 0.115 e. The average Bonchev–Trinajstić information content (AvgIpc) is 2.34. The van der Waals surface area contributed by atoms with Gasteiger partial charge in [0.05, 0.1) is 5.60 Å². The van der Waals surface area contributed by atoms with Crippen molar-refractivity contribution in [2.24, 2.45) is 0 Å². The predicted molar refractivity (Wildman–Crippen MR) is 61.9 cm³/mol. The largest absolute Gasteiger partial charge is 0.385 e. The lowest BCUT2D eigenvalue weighted by Gasteiger charge is -2.36.